The summed E-state index contributed by atoms with van der Waals surface area (Å²) in [6, 6.07) is 1.88. The van der Waals surface area contributed by atoms with Crippen LogP contribution in [-0.4, -0.2) is 32.1 Å². The van der Waals surface area contributed by atoms with E-state index in [0.717, 1.165) is 6.07 Å². The standard InChI is InChI=1S/C9H10F2N2O4S/c10-5-1-2-6(11)8(3-5)18(16,17)13-4-7(14)9(12)15/h1-3,7,13-14H,4H2,(H2,12,15). The minimum absolute atomic E-state index is 0.480. The zero-order valence-corrected chi connectivity index (χ0v) is 9.75. The van der Waals surface area contributed by atoms with Crippen LogP contribution in [0, 0.1) is 11.6 Å². The van der Waals surface area contributed by atoms with Gasteiger partial charge in [0.05, 0.1) is 0 Å². The van der Waals surface area contributed by atoms with Crippen molar-refractivity contribution in [1.82, 2.24) is 4.72 Å². The molecule has 0 saturated heterocycles. The summed E-state index contributed by atoms with van der Waals surface area (Å²) in [5.74, 6) is -3.23. The van der Waals surface area contributed by atoms with Crippen LogP contribution in [0.3, 0.4) is 0 Å². The highest BCUT2D eigenvalue weighted by molar-refractivity contribution is 7.89. The Morgan fingerprint density at radius 2 is 2.06 bits per heavy atom. The van der Waals surface area contributed by atoms with Crippen molar-refractivity contribution in [1.29, 1.82) is 0 Å². The highest BCUT2D eigenvalue weighted by atomic mass is 32.2. The first kappa shape index (κ1) is 14.5. The number of hydrogen-bond acceptors (Lipinski definition) is 4. The lowest BCUT2D eigenvalue weighted by Gasteiger charge is -2.10. The molecule has 0 aliphatic rings. The number of carbonyl (C=O) groups is 1. The number of carbonyl (C=O) groups excluding carboxylic acids is 1. The summed E-state index contributed by atoms with van der Waals surface area (Å²) in [7, 11) is -4.37. The van der Waals surface area contributed by atoms with Crippen molar-refractivity contribution in [3.8, 4) is 0 Å². The van der Waals surface area contributed by atoms with Crippen LogP contribution in [0.5, 0.6) is 0 Å². The molecule has 1 atom stereocenters. The zero-order chi connectivity index (χ0) is 13.9. The molecule has 6 nitrogen and oxygen atoms in total. The Hall–Kier alpha value is -1.58. The number of nitrogens with one attached hydrogen (secondary N) is 1. The van der Waals surface area contributed by atoms with Gasteiger partial charge in [-0.15, -0.1) is 0 Å². The van der Waals surface area contributed by atoms with E-state index in [1.54, 1.807) is 4.72 Å². The average molecular weight is 280 g/mol. The van der Waals surface area contributed by atoms with Gasteiger partial charge in [0.25, 0.3) is 0 Å². The minimum Gasteiger partial charge on any atom is -0.382 e. The van der Waals surface area contributed by atoms with Gasteiger partial charge in [-0.2, -0.15) is 0 Å². The lowest BCUT2D eigenvalue weighted by Crippen LogP contribution is -2.40. The second-order valence-electron chi connectivity index (χ2n) is 3.34. The number of nitrogens with two attached hydrogens (primary N) is 1. The molecule has 0 aliphatic heterocycles. The molecule has 0 radical (unpaired) electrons. The number of hydrogen-bond donors (Lipinski definition) is 3. The van der Waals surface area contributed by atoms with E-state index in [0.29, 0.717) is 12.1 Å². The molecular weight excluding hydrogens is 270 g/mol. The van der Waals surface area contributed by atoms with Crippen LogP contribution in [-0.2, 0) is 14.8 Å². The maximum Gasteiger partial charge on any atom is 0.247 e. The highest BCUT2D eigenvalue weighted by Gasteiger charge is 2.22. The Kier molecular flexibility index (Phi) is 4.33. The topological polar surface area (TPSA) is 109 Å². The first-order valence-electron chi connectivity index (χ1n) is 4.66. The van der Waals surface area contributed by atoms with E-state index in [1.165, 1.54) is 0 Å². The monoisotopic (exact) mass is 280 g/mol. The van der Waals surface area contributed by atoms with Gasteiger partial charge in [0, 0.05) is 6.54 Å². The smallest absolute Gasteiger partial charge is 0.247 e. The van der Waals surface area contributed by atoms with Crippen LogP contribution >= 0.6 is 0 Å². The van der Waals surface area contributed by atoms with Crippen molar-refractivity contribution in [3.63, 3.8) is 0 Å². The second kappa shape index (κ2) is 5.38. The van der Waals surface area contributed by atoms with E-state index in [-0.39, 0.29) is 0 Å². The molecule has 1 rings (SSSR count). The van der Waals surface area contributed by atoms with Gasteiger partial charge in [-0.1, -0.05) is 0 Å². The number of aliphatic hydroxyl groups is 1. The van der Waals surface area contributed by atoms with Gasteiger partial charge in [0.2, 0.25) is 15.9 Å². The fourth-order valence-corrected chi connectivity index (χ4v) is 2.18. The van der Waals surface area contributed by atoms with Crippen molar-refractivity contribution in [2.75, 3.05) is 6.54 Å². The highest BCUT2D eigenvalue weighted by Crippen LogP contribution is 2.15. The van der Waals surface area contributed by atoms with Gasteiger partial charge in [-0.3, -0.25) is 4.79 Å². The summed E-state index contributed by atoms with van der Waals surface area (Å²) in [4.78, 5) is 9.56. The number of sulfonamides is 1. The molecule has 0 fully saturated rings. The summed E-state index contributed by atoms with van der Waals surface area (Å²) in [5, 5.41) is 8.99. The summed E-state index contributed by atoms with van der Waals surface area (Å²) in [6.45, 7) is -0.729. The van der Waals surface area contributed by atoms with Crippen LogP contribution in [0.4, 0.5) is 8.78 Å². The van der Waals surface area contributed by atoms with E-state index in [1.807, 2.05) is 0 Å². The van der Waals surface area contributed by atoms with E-state index in [2.05, 4.69) is 0 Å². The van der Waals surface area contributed by atoms with Gasteiger partial charge in [0.1, 0.15) is 22.6 Å². The molecule has 0 aliphatic carbocycles. The lowest BCUT2D eigenvalue weighted by molar-refractivity contribution is -0.125. The van der Waals surface area contributed by atoms with E-state index in [4.69, 9.17) is 10.8 Å². The van der Waals surface area contributed by atoms with Crippen LogP contribution < -0.4 is 10.5 Å². The Bertz CT molecular complexity index is 562. The summed E-state index contributed by atoms with van der Waals surface area (Å²) in [5.41, 5.74) is 4.70. The number of primary amides is 1. The maximum atomic E-state index is 13.2. The summed E-state index contributed by atoms with van der Waals surface area (Å²) in [6.07, 6.45) is -1.75. The fourth-order valence-electron chi connectivity index (χ4n) is 1.05. The third kappa shape index (κ3) is 3.45. The van der Waals surface area contributed by atoms with Gasteiger partial charge < -0.3 is 10.8 Å². The molecule has 0 heterocycles. The van der Waals surface area contributed by atoms with E-state index >= 15 is 0 Å². The van der Waals surface area contributed by atoms with Crippen LogP contribution in [0.25, 0.3) is 0 Å². The first-order chi connectivity index (χ1) is 8.24. The van der Waals surface area contributed by atoms with Crippen molar-refractivity contribution < 1.29 is 27.1 Å². The Morgan fingerprint density at radius 1 is 1.44 bits per heavy atom. The van der Waals surface area contributed by atoms with Crippen molar-refractivity contribution in [2.24, 2.45) is 5.73 Å². The maximum absolute atomic E-state index is 13.2. The molecule has 1 aromatic rings. The van der Waals surface area contributed by atoms with Crippen LogP contribution in [0.1, 0.15) is 0 Å². The minimum atomic E-state index is -4.37. The molecule has 100 valence electrons. The third-order valence-electron chi connectivity index (χ3n) is 1.98. The molecule has 18 heavy (non-hydrogen) atoms. The Balaban J connectivity index is 2.93. The molecule has 0 bridgehead atoms. The number of benzene rings is 1. The average Bonchev–Trinajstić information content (AvgIpc) is 2.29. The molecule has 0 spiro atoms. The number of aliphatic hydroxyl groups excluding tert-OH is 1. The fraction of sp³-hybridized carbons (Fsp3) is 0.222. The SMILES string of the molecule is NC(=O)C(O)CNS(=O)(=O)c1cc(F)ccc1F. The van der Waals surface area contributed by atoms with E-state index in [9.17, 15) is 22.0 Å². The zero-order valence-electron chi connectivity index (χ0n) is 8.93. The van der Waals surface area contributed by atoms with Gasteiger partial charge in [-0.25, -0.2) is 21.9 Å². The van der Waals surface area contributed by atoms with Gasteiger partial charge in [0.15, 0.2) is 0 Å². The Morgan fingerprint density at radius 3 is 2.61 bits per heavy atom. The summed E-state index contributed by atoms with van der Waals surface area (Å²) < 4.78 is 50.9. The predicted molar refractivity (Wildman–Crippen MR) is 56.7 cm³/mol. The molecule has 4 N–H and O–H groups in total. The van der Waals surface area contributed by atoms with Gasteiger partial charge in [-0.05, 0) is 18.2 Å². The number of halogens is 2. The number of rotatable bonds is 5. The molecule has 1 amide bonds. The van der Waals surface area contributed by atoms with Crippen molar-refractivity contribution in [3.05, 3.63) is 29.8 Å². The molecule has 1 aromatic carbocycles. The summed E-state index contributed by atoms with van der Waals surface area (Å²) >= 11 is 0. The largest absolute Gasteiger partial charge is 0.382 e. The molecule has 0 saturated carbocycles. The predicted octanol–water partition coefficient (Wildman–Crippen LogP) is -0.911. The molecular formula is C9H10F2N2O4S. The van der Waals surface area contributed by atoms with Gasteiger partial charge >= 0.3 is 0 Å². The normalized spacial score (nSPS) is 13.3. The van der Waals surface area contributed by atoms with E-state index < -0.39 is 45.1 Å². The number of amides is 1. The second-order valence-corrected chi connectivity index (χ2v) is 5.08. The van der Waals surface area contributed by atoms with Crippen LogP contribution in [0.15, 0.2) is 23.1 Å². The quantitative estimate of drug-likeness (QED) is 0.648. The molecule has 0 aromatic heterocycles. The first-order valence-corrected chi connectivity index (χ1v) is 6.14. The molecule has 1 unspecified atom stereocenters. The Labute approximate surface area is 101 Å². The van der Waals surface area contributed by atoms with Crippen LogP contribution in [0.2, 0.25) is 0 Å². The van der Waals surface area contributed by atoms with Crippen molar-refractivity contribution >= 4 is 15.9 Å². The lowest BCUT2D eigenvalue weighted by atomic mass is 10.3. The molecule has 9 heteroatoms. The van der Waals surface area contributed by atoms with Crippen molar-refractivity contribution in [2.45, 2.75) is 11.0 Å². The third-order valence-corrected chi connectivity index (χ3v) is 3.42.